The average molecular weight is 485 g/mol. The van der Waals surface area contributed by atoms with Gasteiger partial charge in [0.1, 0.15) is 17.4 Å². The van der Waals surface area contributed by atoms with Crippen LogP contribution in [-0.4, -0.2) is 40.5 Å². The molecule has 6 nitrogen and oxygen atoms in total. The predicted molar refractivity (Wildman–Crippen MR) is 126 cm³/mol. The summed E-state index contributed by atoms with van der Waals surface area (Å²) in [6, 6.07) is 9.82. The minimum absolute atomic E-state index is 0.133. The zero-order valence-electron chi connectivity index (χ0n) is 18.7. The van der Waals surface area contributed by atoms with Crippen LogP contribution in [0.4, 0.5) is 8.78 Å². The second-order valence-corrected chi connectivity index (χ2v) is 8.44. The molecule has 0 spiro atoms. The molecule has 0 saturated heterocycles. The van der Waals surface area contributed by atoms with Crippen molar-refractivity contribution < 1.29 is 18.3 Å². The van der Waals surface area contributed by atoms with Crippen molar-refractivity contribution in [1.29, 1.82) is 0 Å². The first-order chi connectivity index (χ1) is 16.2. The van der Waals surface area contributed by atoms with Crippen LogP contribution < -0.4 is 10.5 Å². The summed E-state index contributed by atoms with van der Waals surface area (Å²) in [5.41, 5.74) is 9.70. The topological polar surface area (TPSA) is 81.3 Å². The van der Waals surface area contributed by atoms with Gasteiger partial charge in [-0.25, -0.2) is 18.7 Å². The van der Waals surface area contributed by atoms with E-state index in [1.54, 1.807) is 26.0 Å². The smallest absolute Gasteiger partial charge is 0.258 e. The van der Waals surface area contributed by atoms with E-state index in [1.807, 2.05) is 0 Å². The third-order valence-electron chi connectivity index (χ3n) is 5.57. The van der Waals surface area contributed by atoms with E-state index in [9.17, 15) is 13.6 Å². The van der Waals surface area contributed by atoms with Crippen molar-refractivity contribution in [3.8, 4) is 5.75 Å². The standard InChI is InChI=1S/C25H23ClF2N4O2/c1-14-23(26)15(2)31-24(30-14)20-12-32(13-21(20)29)25(33)19-8-7-18(28)11-22(19)34-10-9-16-3-5-17(27)6-4-16/h3-8,11H,9-10,12-13,29H2,1-2H3. The molecule has 0 saturated carbocycles. The van der Waals surface area contributed by atoms with Crippen LogP contribution in [0.25, 0.3) is 5.57 Å². The highest BCUT2D eigenvalue weighted by atomic mass is 35.5. The van der Waals surface area contributed by atoms with E-state index in [2.05, 4.69) is 9.97 Å². The van der Waals surface area contributed by atoms with Crippen molar-refractivity contribution in [2.75, 3.05) is 19.7 Å². The molecule has 0 fully saturated rings. The summed E-state index contributed by atoms with van der Waals surface area (Å²) in [5.74, 6) is -0.628. The van der Waals surface area contributed by atoms with Gasteiger partial charge in [-0.2, -0.15) is 0 Å². The zero-order chi connectivity index (χ0) is 24.4. The van der Waals surface area contributed by atoms with Gasteiger partial charge >= 0.3 is 0 Å². The van der Waals surface area contributed by atoms with Crippen LogP contribution in [0, 0.1) is 25.5 Å². The number of nitrogens with two attached hydrogens (primary N) is 1. The van der Waals surface area contributed by atoms with Crippen LogP contribution >= 0.6 is 11.6 Å². The third kappa shape index (κ3) is 5.02. The van der Waals surface area contributed by atoms with Crippen molar-refractivity contribution in [3.05, 3.63) is 93.2 Å². The van der Waals surface area contributed by atoms with Crippen molar-refractivity contribution in [3.63, 3.8) is 0 Å². The number of rotatable bonds is 6. The minimum Gasteiger partial charge on any atom is -0.492 e. The Balaban J connectivity index is 1.49. The van der Waals surface area contributed by atoms with Gasteiger partial charge in [0.2, 0.25) is 0 Å². The first-order valence-corrected chi connectivity index (χ1v) is 11.1. The Morgan fingerprint density at radius 1 is 1.06 bits per heavy atom. The van der Waals surface area contributed by atoms with Crippen molar-refractivity contribution in [1.82, 2.24) is 14.9 Å². The summed E-state index contributed by atoms with van der Waals surface area (Å²) < 4.78 is 32.8. The fourth-order valence-corrected chi connectivity index (χ4v) is 3.82. The van der Waals surface area contributed by atoms with Gasteiger partial charge in [-0.05, 0) is 43.7 Å². The maximum Gasteiger partial charge on any atom is 0.258 e. The van der Waals surface area contributed by atoms with Crippen LogP contribution in [0.3, 0.4) is 0 Å². The lowest BCUT2D eigenvalue weighted by atomic mass is 10.1. The fraction of sp³-hybridized carbons (Fsp3) is 0.240. The number of hydrogen-bond donors (Lipinski definition) is 1. The van der Waals surface area contributed by atoms with E-state index in [4.69, 9.17) is 22.1 Å². The number of carbonyl (C=O) groups excluding carboxylic acids is 1. The van der Waals surface area contributed by atoms with E-state index in [0.717, 1.165) is 5.56 Å². The normalized spacial score (nSPS) is 13.5. The molecular formula is C25H23ClF2N4O2. The van der Waals surface area contributed by atoms with Crippen molar-refractivity contribution in [2.45, 2.75) is 20.3 Å². The number of benzene rings is 2. The predicted octanol–water partition coefficient (Wildman–Crippen LogP) is 4.47. The summed E-state index contributed by atoms with van der Waals surface area (Å²) in [6.45, 7) is 4.15. The number of aromatic nitrogens is 2. The first kappa shape index (κ1) is 23.6. The summed E-state index contributed by atoms with van der Waals surface area (Å²) in [6.07, 6.45) is 0.472. The summed E-state index contributed by atoms with van der Waals surface area (Å²) in [7, 11) is 0. The molecule has 1 aromatic heterocycles. The monoisotopic (exact) mass is 484 g/mol. The molecule has 1 aliphatic heterocycles. The second-order valence-electron chi connectivity index (χ2n) is 8.06. The first-order valence-electron chi connectivity index (χ1n) is 10.7. The number of aryl methyl sites for hydroxylation is 2. The second kappa shape index (κ2) is 9.77. The highest BCUT2D eigenvalue weighted by Crippen LogP contribution is 2.28. The zero-order valence-corrected chi connectivity index (χ0v) is 19.5. The van der Waals surface area contributed by atoms with Gasteiger partial charge in [0.15, 0.2) is 5.82 Å². The summed E-state index contributed by atoms with van der Waals surface area (Å²) in [5, 5.41) is 0.489. The van der Waals surface area contributed by atoms with Gasteiger partial charge in [0.25, 0.3) is 5.91 Å². The summed E-state index contributed by atoms with van der Waals surface area (Å²) >= 11 is 6.17. The Labute approximate surface area is 201 Å². The number of carbonyl (C=O) groups is 1. The Kier molecular flexibility index (Phi) is 6.79. The molecule has 2 aromatic carbocycles. The van der Waals surface area contributed by atoms with Gasteiger partial charge < -0.3 is 15.4 Å². The lowest BCUT2D eigenvalue weighted by molar-refractivity contribution is 0.0794. The van der Waals surface area contributed by atoms with E-state index < -0.39 is 5.82 Å². The maximum absolute atomic E-state index is 13.9. The van der Waals surface area contributed by atoms with Crippen LogP contribution in [0.5, 0.6) is 5.75 Å². The number of amides is 1. The van der Waals surface area contributed by atoms with Crippen LogP contribution in [0.2, 0.25) is 5.02 Å². The quantitative estimate of drug-likeness (QED) is 0.558. The van der Waals surface area contributed by atoms with Gasteiger partial charge in [-0.15, -0.1) is 0 Å². The van der Waals surface area contributed by atoms with Crippen molar-refractivity contribution in [2.24, 2.45) is 5.73 Å². The Morgan fingerprint density at radius 2 is 1.71 bits per heavy atom. The molecule has 4 rings (SSSR count). The number of halogens is 3. The number of hydrogen-bond acceptors (Lipinski definition) is 5. The average Bonchev–Trinajstić information content (AvgIpc) is 3.20. The molecular weight excluding hydrogens is 462 g/mol. The number of ether oxygens (including phenoxy) is 1. The number of nitrogens with zero attached hydrogens (tertiary/aromatic N) is 3. The molecule has 2 N–H and O–H groups in total. The Morgan fingerprint density at radius 3 is 2.38 bits per heavy atom. The highest BCUT2D eigenvalue weighted by molar-refractivity contribution is 6.31. The molecule has 0 bridgehead atoms. The Bertz CT molecular complexity index is 1260. The summed E-state index contributed by atoms with van der Waals surface area (Å²) in [4.78, 5) is 23.7. The lowest BCUT2D eigenvalue weighted by Gasteiger charge is -2.19. The van der Waals surface area contributed by atoms with Gasteiger partial charge in [-0.1, -0.05) is 23.7 Å². The molecule has 1 amide bonds. The van der Waals surface area contributed by atoms with Crippen molar-refractivity contribution >= 4 is 23.1 Å². The minimum atomic E-state index is -0.520. The van der Waals surface area contributed by atoms with Crippen LogP contribution in [-0.2, 0) is 6.42 Å². The SMILES string of the molecule is Cc1nc(C2=C(N)CN(C(=O)c3ccc(F)cc3OCCc3ccc(F)cc3)C2)nc(C)c1Cl. The molecule has 2 heterocycles. The van der Waals surface area contributed by atoms with E-state index in [-0.39, 0.29) is 42.7 Å². The van der Waals surface area contributed by atoms with Gasteiger partial charge in [-0.3, -0.25) is 4.79 Å². The van der Waals surface area contributed by atoms with E-state index in [1.165, 1.54) is 35.2 Å². The molecule has 0 atom stereocenters. The Hall–Kier alpha value is -3.52. The van der Waals surface area contributed by atoms with E-state index in [0.29, 0.717) is 39.9 Å². The van der Waals surface area contributed by atoms with Crippen LogP contribution in [0.15, 0.2) is 48.2 Å². The molecule has 176 valence electrons. The molecule has 0 radical (unpaired) electrons. The van der Waals surface area contributed by atoms with Gasteiger partial charge in [0.05, 0.1) is 41.7 Å². The fourth-order valence-electron chi connectivity index (χ4n) is 3.74. The largest absolute Gasteiger partial charge is 0.492 e. The molecule has 1 aliphatic rings. The van der Waals surface area contributed by atoms with Crippen LogP contribution in [0.1, 0.15) is 33.1 Å². The third-order valence-corrected chi connectivity index (χ3v) is 6.12. The maximum atomic E-state index is 13.9. The highest BCUT2D eigenvalue weighted by Gasteiger charge is 2.29. The van der Waals surface area contributed by atoms with Gasteiger partial charge in [0, 0.05) is 23.8 Å². The molecule has 0 unspecified atom stereocenters. The molecule has 34 heavy (non-hydrogen) atoms. The molecule has 3 aromatic rings. The molecule has 0 aliphatic carbocycles. The molecule has 9 heteroatoms. The van der Waals surface area contributed by atoms with E-state index >= 15 is 0 Å². The lowest BCUT2D eigenvalue weighted by Crippen LogP contribution is -2.30.